The predicted molar refractivity (Wildman–Crippen MR) is 212 cm³/mol. The van der Waals surface area contributed by atoms with Crippen LogP contribution in [0, 0.1) is 0 Å². The van der Waals surface area contributed by atoms with Crippen LogP contribution in [0.4, 0.5) is 0 Å². The van der Waals surface area contributed by atoms with Gasteiger partial charge in [-0.05, 0) is 89.0 Å². The molecule has 6 aromatic heterocycles. The summed E-state index contributed by atoms with van der Waals surface area (Å²) in [6.07, 6.45) is 14.2. The first-order valence-corrected chi connectivity index (χ1v) is 17.4. The van der Waals surface area contributed by atoms with E-state index in [0.29, 0.717) is 11.6 Å². The number of pyridine rings is 4. The number of hydrogen-bond acceptors (Lipinski definition) is 8. The highest BCUT2D eigenvalue weighted by Gasteiger charge is 2.13. The summed E-state index contributed by atoms with van der Waals surface area (Å²) in [6.45, 7) is 0. The second kappa shape index (κ2) is 14.6. The molecule has 9 rings (SSSR count). The van der Waals surface area contributed by atoms with Crippen molar-refractivity contribution in [2.24, 2.45) is 0 Å². The molecule has 9 aromatic rings. The van der Waals surface area contributed by atoms with Gasteiger partial charge in [0, 0.05) is 83.0 Å². The van der Waals surface area contributed by atoms with Gasteiger partial charge in [-0.2, -0.15) is 0 Å². The van der Waals surface area contributed by atoms with Gasteiger partial charge in [0.1, 0.15) is 0 Å². The lowest BCUT2D eigenvalue weighted by Crippen LogP contribution is -1.96. The second-order valence-electron chi connectivity index (χ2n) is 12.6. The van der Waals surface area contributed by atoms with Crippen molar-refractivity contribution in [1.82, 2.24) is 39.9 Å². The SMILES string of the molecule is c1cc(-c2ccc(-c3cc(-c4cccnc4)nc(-c4ccncc4)n3)cc2)cc(-c2ccc(-c3cc(-c4cccnc4)nc(-c4ccncc4)n3)cc2)c1. The van der Waals surface area contributed by atoms with E-state index < -0.39 is 0 Å². The minimum absolute atomic E-state index is 0.638. The first-order chi connectivity index (χ1) is 26.7. The Morgan fingerprint density at radius 2 is 0.611 bits per heavy atom. The summed E-state index contributed by atoms with van der Waals surface area (Å²) >= 11 is 0. The fourth-order valence-corrected chi connectivity index (χ4v) is 6.32. The fourth-order valence-electron chi connectivity index (χ4n) is 6.32. The Morgan fingerprint density at radius 1 is 0.241 bits per heavy atom. The molecule has 0 aliphatic heterocycles. The fraction of sp³-hybridized carbons (Fsp3) is 0. The Hall–Kier alpha value is -7.58. The average molecular weight is 695 g/mol. The summed E-state index contributed by atoms with van der Waals surface area (Å²) in [6, 6.07) is 45.2. The molecule has 0 radical (unpaired) electrons. The van der Waals surface area contributed by atoms with Gasteiger partial charge in [0.15, 0.2) is 11.6 Å². The maximum Gasteiger partial charge on any atom is 0.160 e. The van der Waals surface area contributed by atoms with E-state index in [0.717, 1.165) is 78.4 Å². The molecule has 0 aliphatic carbocycles. The van der Waals surface area contributed by atoms with Gasteiger partial charge < -0.3 is 0 Å². The predicted octanol–water partition coefficient (Wildman–Crippen LogP) is 10.2. The number of nitrogens with zero attached hydrogens (tertiary/aromatic N) is 8. The second-order valence-corrected chi connectivity index (χ2v) is 12.6. The van der Waals surface area contributed by atoms with Gasteiger partial charge in [0.25, 0.3) is 0 Å². The Bertz CT molecular complexity index is 2370. The molecule has 0 N–H and O–H groups in total. The highest BCUT2D eigenvalue weighted by atomic mass is 14.9. The van der Waals surface area contributed by atoms with Crippen molar-refractivity contribution in [1.29, 1.82) is 0 Å². The molecule has 6 heterocycles. The first kappa shape index (κ1) is 32.3. The Labute approximate surface area is 312 Å². The van der Waals surface area contributed by atoms with Gasteiger partial charge in [-0.15, -0.1) is 0 Å². The molecule has 0 amide bonds. The van der Waals surface area contributed by atoms with Crippen LogP contribution in [-0.4, -0.2) is 39.9 Å². The molecular weight excluding hydrogens is 665 g/mol. The standard InChI is InChI=1S/C46H30N8/c1-4-37(31-8-12-33(13-9-31)41-27-43(39-6-2-20-49-29-39)53-45(51-41)35-16-22-47-23-17-35)26-38(5-1)32-10-14-34(15-11-32)42-28-44(40-7-3-21-50-30-40)54-46(52-42)36-18-24-48-25-19-36/h1-30H. The first-order valence-electron chi connectivity index (χ1n) is 17.4. The number of benzene rings is 3. The number of hydrogen-bond donors (Lipinski definition) is 0. The molecule has 254 valence electrons. The van der Waals surface area contributed by atoms with Crippen molar-refractivity contribution in [3.8, 4) is 90.1 Å². The highest BCUT2D eigenvalue weighted by molar-refractivity contribution is 5.78. The van der Waals surface area contributed by atoms with Crippen LogP contribution in [0.15, 0.2) is 183 Å². The Kier molecular flexibility index (Phi) is 8.73. The number of rotatable bonds is 8. The van der Waals surface area contributed by atoms with E-state index in [4.69, 9.17) is 19.9 Å². The molecule has 0 spiro atoms. The minimum atomic E-state index is 0.638. The third-order valence-electron chi connectivity index (χ3n) is 9.13. The zero-order valence-corrected chi connectivity index (χ0v) is 28.9. The molecule has 0 fully saturated rings. The van der Waals surface area contributed by atoms with Gasteiger partial charge in [0.2, 0.25) is 0 Å². The zero-order chi connectivity index (χ0) is 36.1. The summed E-state index contributed by atoms with van der Waals surface area (Å²) < 4.78 is 0. The maximum absolute atomic E-state index is 4.95. The van der Waals surface area contributed by atoms with E-state index in [-0.39, 0.29) is 0 Å². The Balaban J connectivity index is 1.00. The summed E-state index contributed by atoms with van der Waals surface area (Å²) in [5, 5.41) is 0. The van der Waals surface area contributed by atoms with Crippen LogP contribution in [0.5, 0.6) is 0 Å². The van der Waals surface area contributed by atoms with Gasteiger partial charge >= 0.3 is 0 Å². The zero-order valence-electron chi connectivity index (χ0n) is 28.9. The van der Waals surface area contributed by atoms with E-state index in [9.17, 15) is 0 Å². The van der Waals surface area contributed by atoms with Crippen LogP contribution < -0.4 is 0 Å². The van der Waals surface area contributed by atoms with Crippen molar-refractivity contribution >= 4 is 0 Å². The van der Waals surface area contributed by atoms with Crippen LogP contribution in [0.1, 0.15) is 0 Å². The normalized spacial score (nSPS) is 11.0. The van der Waals surface area contributed by atoms with Gasteiger partial charge in [-0.1, -0.05) is 66.7 Å². The molecule has 8 nitrogen and oxygen atoms in total. The van der Waals surface area contributed by atoms with Crippen molar-refractivity contribution in [3.63, 3.8) is 0 Å². The van der Waals surface area contributed by atoms with Crippen molar-refractivity contribution < 1.29 is 0 Å². The lowest BCUT2D eigenvalue weighted by Gasteiger charge is -2.11. The summed E-state index contributed by atoms with van der Waals surface area (Å²) in [5.74, 6) is 1.28. The maximum atomic E-state index is 4.95. The molecule has 3 aromatic carbocycles. The largest absolute Gasteiger partial charge is 0.265 e. The molecular formula is C46H30N8. The van der Waals surface area contributed by atoms with Crippen LogP contribution in [0.3, 0.4) is 0 Å². The third-order valence-corrected chi connectivity index (χ3v) is 9.13. The van der Waals surface area contributed by atoms with Gasteiger partial charge in [0.05, 0.1) is 22.8 Å². The van der Waals surface area contributed by atoms with Gasteiger partial charge in [-0.25, -0.2) is 19.9 Å². The lowest BCUT2D eigenvalue weighted by atomic mass is 9.97. The van der Waals surface area contributed by atoms with Crippen molar-refractivity contribution in [2.45, 2.75) is 0 Å². The number of aromatic nitrogens is 8. The monoisotopic (exact) mass is 694 g/mol. The van der Waals surface area contributed by atoms with Crippen LogP contribution in [0.2, 0.25) is 0 Å². The lowest BCUT2D eigenvalue weighted by molar-refractivity contribution is 1.17. The summed E-state index contributed by atoms with van der Waals surface area (Å²) in [7, 11) is 0. The summed E-state index contributed by atoms with van der Waals surface area (Å²) in [5.41, 5.74) is 13.4. The molecule has 0 saturated heterocycles. The van der Waals surface area contributed by atoms with Crippen LogP contribution >= 0.6 is 0 Å². The van der Waals surface area contributed by atoms with E-state index in [1.807, 2.05) is 73.1 Å². The Morgan fingerprint density at radius 3 is 1.00 bits per heavy atom. The average Bonchev–Trinajstić information content (AvgIpc) is 3.27. The topological polar surface area (TPSA) is 103 Å². The molecule has 54 heavy (non-hydrogen) atoms. The van der Waals surface area contributed by atoms with E-state index in [1.54, 1.807) is 37.2 Å². The van der Waals surface area contributed by atoms with E-state index in [1.165, 1.54) is 0 Å². The molecule has 0 bridgehead atoms. The minimum Gasteiger partial charge on any atom is -0.265 e. The van der Waals surface area contributed by atoms with Crippen molar-refractivity contribution in [3.05, 3.63) is 183 Å². The molecule has 0 aliphatic rings. The molecule has 8 heteroatoms. The molecule has 0 unspecified atom stereocenters. The smallest absolute Gasteiger partial charge is 0.160 e. The van der Waals surface area contributed by atoms with Crippen molar-refractivity contribution in [2.75, 3.05) is 0 Å². The highest BCUT2D eigenvalue weighted by Crippen LogP contribution is 2.33. The summed E-state index contributed by atoms with van der Waals surface area (Å²) in [4.78, 5) is 36.6. The third kappa shape index (κ3) is 6.87. The quantitative estimate of drug-likeness (QED) is 0.155. The van der Waals surface area contributed by atoms with Gasteiger partial charge in [-0.3, -0.25) is 19.9 Å². The van der Waals surface area contributed by atoms with Crippen LogP contribution in [0.25, 0.3) is 90.1 Å². The van der Waals surface area contributed by atoms with E-state index >= 15 is 0 Å². The molecule has 0 atom stereocenters. The van der Waals surface area contributed by atoms with Crippen LogP contribution in [-0.2, 0) is 0 Å². The molecule has 0 saturated carbocycles. The van der Waals surface area contributed by atoms with E-state index in [2.05, 4.69) is 92.7 Å².